The van der Waals surface area contributed by atoms with Gasteiger partial charge in [0.15, 0.2) is 0 Å². The zero-order chi connectivity index (χ0) is 19.1. The Morgan fingerprint density at radius 1 is 1.00 bits per heavy atom. The maximum Gasteiger partial charge on any atom is 0.307 e. The van der Waals surface area contributed by atoms with Crippen LogP contribution in [-0.2, 0) is 4.79 Å². The number of carboxylic acid groups (broad SMARTS) is 1. The molecule has 5 heteroatoms. The summed E-state index contributed by atoms with van der Waals surface area (Å²) >= 11 is 0. The van der Waals surface area contributed by atoms with E-state index in [-0.39, 0.29) is 17.6 Å². The van der Waals surface area contributed by atoms with E-state index < -0.39 is 11.9 Å². The lowest BCUT2D eigenvalue weighted by Gasteiger charge is -2.22. The zero-order valence-electron chi connectivity index (χ0n) is 15.2. The quantitative estimate of drug-likeness (QED) is 0.713. The van der Waals surface area contributed by atoms with Crippen molar-refractivity contribution in [2.45, 2.75) is 25.7 Å². The van der Waals surface area contributed by atoms with E-state index in [4.69, 9.17) is 5.11 Å². The second-order valence-electron chi connectivity index (χ2n) is 6.80. The van der Waals surface area contributed by atoms with Crippen molar-refractivity contribution < 1.29 is 18.7 Å². The molecule has 0 saturated heterocycles. The minimum Gasteiger partial charge on any atom is -0.481 e. The molecule has 1 atom stereocenters. The molecule has 2 aromatic carbocycles. The van der Waals surface area contributed by atoms with Gasteiger partial charge < -0.3 is 10.0 Å². The van der Waals surface area contributed by atoms with E-state index >= 15 is 0 Å². The Bertz CT molecular complexity index is 655. The fraction of sp³-hybridized carbons (Fsp3) is 0.381. The molecule has 0 radical (unpaired) electrons. The van der Waals surface area contributed by atoms with E-state index in [1.165, 1.54) is 24.3 Å². The Balaban J connectivity index is 2.04. The molecular weight excluding hydrogens is 336 g/mol. The number of rotatable bonds is 9. The highest BCUT2D eigenvalue weighted by Crippen LogP contribution is 2.29. The fourth-order valence-electron chi connectivity index (χ4n) is 3.12. The van der Waals surface area contributed by atoms with Gasteiger partial charge in [-0.2, -0.15) is 0 Å². The average Bonchev–Trinajstić information content (AvgIpc) is 2.60. The molecule has 3 nitrogen and oxygen atoms in total. The lowest BCUT2D eigenvalue weighted by atomic mass is 9.87. The molecule has 0 aliphatic rings. The SMILES string of the molecule is CC(CN(C)CCCC(c1ccc(F)cc1)c1ccc(F)cc1)C(=O)O. The molecule has 0 spiro atoms. The van der Waals surface area contributed by atoms with Crippen LogP contribution < -0.4 is 0 Å². The highest BCUT2D eigenvalue weighted by Gasteiger charge is 2.17. The van der Waals surface area contributed by atoms with Gasteiger partial charge in [-0.15, -0.1) is 0 Å². The second kappa shape index (κ2) is 9.43. The van der Waals surface area contributed by atoms with Gasteiger partial charge in [-0.05, 0) is 61.8 Å². The summed E-state index contributed by atoms with van der Waals surface area (Å²) < 4.78 is 26.5. The number of carboxylic acids is 1. The number of halogens is 2. The lowest BCUT2D eigenvalue weighted by Crippen LogP contribution is -2.29. The number of aliphatic carboxylic acids is 1. The van der Waals surface area contributed by atoms with Crippen LogP contribution in [0, 0.1) is 17.6 Å². The van der Waals surface area contributed by atoms with Crippen LogP contribution >= 0.6 is 0 Å². The molecule has 1 unspecified atom stereocenters. The van der Waals surface area contributed by atoms with Gasteiger partial charge in [0.05, 0.1) is 5.92 Å². The summed E-state index contributed by atoms with van der Waals surface area (Å²) in [4.78, 5) is 13.0. The van der Waals surface area contributed by atoms with Crippen molar-refractivity contribution in [3.8, 4) is 0 Å². The number of benzene rings is 2. The standard InChI is InChI=1S/C21H25F2NO2/c1-15(21(25)26)14-24(2)13-3-4-20(16-5-9-18(22)10-6-16)17-7-11-19(23)12-8-17/h5-12,15,20H,3-4,13-14H2,1-2H3,(H,25,26). The van der Waals surface area contributed by atoms with Gasteiger partial charge in [-0.25, -0.2) is 8.78 Å². The summed E-state index contributed by atoms with van der Waals surface area (Å²) in [5.41, 5.74) is 1.97. The molecule has 2 aromatic rings. The van der Waals surface area contributed by atoms with Crippen LogP contribution in [0.3, 0.4) is 0 Å². The molecule has 0 aromatic heterocycles. The topological polar surface area (TPSA) is 40.5 Å². The first kappa shape index (κ1) is 20.0. The van der Waals surface area contributed by atoms with Crippen molar-refractivity contribution in [1.29, 1.82) is 0 Å². The molecular formula is C21H25F2NO2. The van der Waals surface area contributed by atoms with Crippen LogP contribution in [0.1, 0.15) is 36.8 Å². The molecule has 2 rings (SSSR count). The molecule has 26 heavy (non-hydrogen) atoms. The van der Waals surface area contributed by atoms with Gasteiger partial charge in [0, 0.05) is 12.5 Å². The molecule has 0 amide bonds. The first-order valence-corrected chi connectivity index (χ1v) is 8.79. The summed E-state index contributed by atoms with van der Waals surface area (Å²) in [6.45, 7) is 2.95. The number of nitrogens with zero attached hydrogens (tertiary/aromatic N) is 1. The van der Waals surface area contributed by atoms with Crippen LogP contribution in [0.25, 0.3) is 0 Å². The molecule has 0 fully saturated rings. The maximum absolute atomic E-state index is 13.2. The average molecular weight is 361 g/mol. The summed E-state index contributed by atoms with van der Waals surface area (Å²) in [6.07, 6.45) is 1.66. The summed E-state index contributed by atoms with van der Waals surface area (Å²) in [7, 11) is 1.91. The van der Waals surface area contributed by atoms with E-state index in [1.54, 1.807) is 31.2 Å². The largest absolute Gasteiger partial charge is 0.481 e. The fourth-order valence-corrected chi connectivity index (χ4v) is 3.12. The van der Waals surface area contributed by atoms with E-state index in [1.807, 2.05) is 11.9 Å². The summed E-state index contributed by atoms with van der Waals surface area (Å²) in [5.74, 6) is -1.73. The number of carbonyl (C=O) groups is 1. The lowest BCUT2D eigenvalue weighted by molar-refractivity contribution is -0.141. The predicted octanol–water partition coefficient (Wildman–Crippen LogP) is 4.53. The van der Waals surface area contributed by atoms with Gasteiger partial charge in [0.2, 0.25) is 0 Å². The van der Waals surface area contributed by atoms with Crippen molar-refractivity contribution in [3.05, 3.63) is 71.3 Å². The molecule has 0 aliphatic carbocycles. The number of hydrogen-bond donors (Lipinski definition) is 1. The van der Waals surface area contributed by atoms with Gasteiger partial charge in [-0.1, -0.05) is 31.2 Å². The zero-order valence-corrected chi connectivity index (χ0v) is 15.2. The van der Waals surface area contributed by atoms with E-state index in [2.05, 4.69) is 0 Å². The van der Waals surface area contributed by atoms with Crippen LogP contribution in [0.4, 0.5) is 8.78 Å². The molecule has 0 aliphatic heterocycles. The second-order valence-corrected chi connectivity index (χ2v) is 6.80. The van der Waals surface area contributed by atoms with Crippen molar-refractivity contribution >= 4 is 5.97 Å². The highest BCUT2D eigenvalue weighted by atomic mass is 19.1. The molecule has 0 saturated carbocycles. The van der Waals surface area contributed by atoms with Crippen LogP contribution in [0.5, 0.6) is 0 Å². The first-order valence-electron chi connectivity index (χ1n) is 8.79. The van der Waals surface area contributed by atoms with E-state index in [0.717, 1.165) is 30.5 Å². The normalized spacial score (nSPS) is 12.5. The van der Waals surface area contributed by atoms with Crippen molar-refractivity contribution in [1.82, 2.24) is 4.90 Å². The van der Waals surface area contributed by atoms with Gasteiger partial charge in [0.25, 0.3) is 0 Å². The minimum absolute atomic E-state index is 0.0431. The summed E-state index contributed by atoms with van der Waals surface area (Å²) in [6, 6.07) is 12.8. The Labute approximate surface area is 153 Å². The third-order valence-corrected chi connectivity index (χ3v) is 4.58. The van der Waals surface area contributed by atoms with Crippen LogP contribution in [0.15, 0.2) is 48.5 Å². The monoisotopic (exact) mass is 361 g/mol. The molecule has 0 heterocycles. The van der Waals surface area contributed by atoms with Crippen LogP contribution in [0.2, 0.25) is 0 Å². The molecule has 140 valence electrons. The third kappa shape index (κ3) is 5.92. The Morgan fingerprint density at radius 2 is 1.46 bits per heavy atom. The van der Waals surface area contributed by atoms with E-state index in [9.17, 15) is 13.6 Å². The van der Waals surface area contributed by atoms with Gasteiger partial charge in [-0.3, -0.25) is 4.79 Å². The van der Waals surface area contributed by atoms with Gasteiger partial charge >= 0.3 is 5.97 Å². The Morgan fingerprint density at radius 3 is 1.88 bits per heavy atom. The van der Waals surface area contributed by atoms with Crippen molar-refractivity contribution in [3.63, 3.8) is 0 Å². The Kier molecular flexibility index (Phi) is 7.27. The molecule has 0 bridgehead atoms. The van der Waals surface area contributed by atoms with Crippen LogP contribution in [-0.4, -0.2) is 36.1 Å². The minimum atomic E-state index is -0.799. The molecule has 1 N–H and O–H groups in total. The highest BCUT2D eigenvalue weighted by molar-refractivity contribution is 5.69. The predicted molar refractivity (Wildman–Crippen MR) is 98.2 cm³/mol. The first-order chi connectivity index (χ1) is 12.4. The van der Waals surface area contributed by atoms with Gasteiger partial charge in [0.1, 0.15) is 11.6 Å². The third-order valence-electron chi connectivity index (χ3n) is 4.58. The van der Waals surface area contributed by atoms with Crippen molar-refractivity contribution in [2.24, 2.45) is 5.92 Å². The van der Waals surface area contributed by atoms with Crippen molar-refractivity contribution in [2.75, 3.05) is 20.1 Å². The maximum atomic E-state index is 13.2. The number of hydrogen-bond acceptors (Lipinski definition) is 2. The summed E-state index contributed by atoms with van der Waals surface area (Å²) in [5, 5.41) is 9.00. The smallest absolute Gasteiger partial charge is 0.307 e. The van der Waals surface area contributed by atoms with E-state index in [0.29, 0.717) is 6.54 Å². The Hall–Kier alpha value is -2.27.